The first kappa shape index (κ1) is 11.8. The summed E-state index contributed by atoms with van der Waals surface area (Å²) in [5.74, 6) is 2.38. The Labute approximate surface area is 110 Å². The predicted molar refractivity (Wildman–Crippen MR) is 75.3 cm³/mol. The summed E-state index contributed by atoms with van der Waals surface area (Å²) >= 11 is 0. The molecule has 0 radical (unpaired) electrons. The van der Waals surface area contributed by atoms with E-state index in [1.165, 1.54) is 28.9 Å². The van der Waals surface area contributed by atoms with Crippen molar-refractivity contribution in [1.82, 2.24) is 0 Å². The van der Waals surface area contributed by atoms with Crippen LogP contribution in [0.4, 0.5) is 0 Å². The quantitative estimate of drug-likeness (QED) is 0.638. The molecule has 1 aromatic carbocycles. The summed E-state index contributed by atoms with van der Waals surface area (Å²) < 4.78 is 6.30. The molecule has 0 spiro atoms. The molecule has 1 nitrogen and oxygen atoms in total. The van der Waals surface area contributed by atoms with Crippen molar-refractivity contribution < 1.29 is 4.74 Å². The van der Waals surface area contributed by atoms with Gasteiger partial charge in [-0.15, -0.1) is 0 Å². The molecule has 0 saturated heterocycles. The lowest BCUT2D eigenvalue weighted by atomic mass is 9.72. The van der Waals surface area contributed by atoms with Crippen molar-refractivity contribution >= 4 is 5.76 Å². The van der Waals surface area contributed by atoms with E-state index in [-0.39, 0.29) is 5.60 Å². The van der Waals surface area contributed by atoms with Gasteiger partial charge in [0.05, 0.1) is 0 Å². The number of hydrogen-bond donors (Lipinski definition) is 0. The Morgan fingerprint density at radius 3 is 2.61 bits per heavy atom. The molecule has 2 atom stereocenters. The second kappa shape index (κ2) is 3.88. The van der Waals surface area contributed by atoms with Gasteiger partial charge in [-0.25, -0.2) is 0 Å². The van der Waals surface area contributed by atoms with Gasteiger partial charge in [-0.1, -0.05) is 38.1 Å². The molecule has 96 valence electrons. The summed E-state index contributed by atoms with van der Waals surface area (Å²) in [5.41, 5.74) is 4.28. The Bertz CT molecular complexity index is 510. The minimum Gasteiger partial charge on any atom is -0.487 e. The molecule has 0 saturated carbocycles. The predicted octanol–water partition coefficient (Wildman–Crippen LogP) is 4.74. The maximum Gasteiger partial charge on any atom is 0.127 e. The molecule has 0 bridgehead atoms. The lowest BCUT2D eigenvalue weighted by molar-refractivity contribution is 0.0516. The SMILES string of the molecule is CC1C2=C(OC(C)(C)CC2)c2ccccc2C1C. The van der Waals surface area contributed by atoms with Crippen LogP contribution in [-0.2, 0) is 4.74 Å². The molecule has 0 N–H and O–H groups in total. The largest absolute Gasteiger partial charge is 0.487 e. The van der Waals surface area contributed by atoms with Crippen molar-refractivity contribution in [2.45, 2.75) is 52.1 Å². The molecule has 1 heterocycles. The highest BCUT2D eigenvalue weighted by Gasteiger charge is 2.37. The van der Waals surface area contributed by atoms with E-state index in [0.29, 0.717) is 11.8 Å². The molecule has 18 heavy (non-hydrogen) atoms. The lowest BCUT2D eigenvalue weighted by Gasteiger charge is -2.41. The summed E-state index contributed by atoms with van der Waals surface area (Å²) in [6, 6.07) is 8.73. The molecular formula is C17H22O. The van der Waals surface area contributed by atoms with Crippen LogP contribution in [0.3, 0.4) is 0 Å². The van der Waals surface area contributed by atoms with E-state index in [1.807, 2.05) is 0 Å². The highest BCUT2D eigenvalue weighted by Crippen LogP contribution is 2.48. The van der Waals surface area contributed by atoms with E-state index in [1.54, 1.807) is 0 Å². The number of hydrogen-bond acceptors (Lipinski definition) is 1. The third-order valence-corrected chi connectivity index (χ3v) is 4.66. The Hall–Kier alpha value is -1.24. The third kappa shape index (κ3) is 1.68. The van der Waals surface area contributed by atoms with Gasteiger partial charge in [0.15, 0.2) is 0 Å². The molecule has 0 amide bonds. The molecule has 3 rings (SSSR count). The van der Waals surface area contributed by atoms with Crippen molar-refractivity contribution in [1.29, 1.82) is 0 Å². The Morgan fingerprint density at radius 1 is 1.11 bits per heavy atom. The average molecular weight is 242 g/mol. The van der Waals surface area contributed by atoms with Gasteiger partial charge in [0.25, 0.3) is 0 Å². The average Bonchev–Trinajstić information content (AvgIpc) is 2.35. The Balaban J connectivity index is 2.16. The fourth-order valence-electron chi connectivity index (χ4n) is 3.28. The molecule has 2 unspecified atom stereocenters. The maximum absolute atomic E-state index is 6.30. The Morgan fingerprint density at radius 2 is 1.83 bits per heavy atom. The van der Waals surface area contributed by atoms with E-state index >= 15 is 0 Å². The first-order chi connectivity index (χ1) is 8.49. The normalized spacial score (nSPS) is 29.3. The van der Waals surface area contributed by atoms with Crippen LogP contribution < -0.4 is 0 Å². The summed E-state index contributed by atoms with van der Waals surface area (Å²) in [4.78, 5) is 0. The van der Waals surface area contributed by atoms with Crippen molar-refractivity contribution in [2.24, 2.45) is 5.92 Å². The standard InChI is InChI=1S/C17H22O/c1-11-12(2)14-9-10-17(3,4)18-16(14)15-8-6-5-7-13(11)15/h5-8,11-12H,9-10H2,1-4H3. The van der Waals surface area contributed by atoms with E-state index in [2.05, 4.69) is 52.0 Å². The van der Waals surface area contributed by atoms with Crippen molar-refractivity contribution in [3.8, 4) is 0 Å². The summed E-state index contributed by atoms with van der Waals surface area (Å²) in [5, 5.41) is 0. The third-order valence-electron chi connectivity index (χ3n) is 4.66. The van der Waals surface area contributed by atoms with Crippen molar-refractivity contribution in [3.05, 3.63) is 41.0 Å². The number of ether oxygens (including phenoxy) is 1. The summed E-state index contributed by atoms with van der Waals surface area (Å²) in [6.07, 6.45) is 2.31. The molecule has 0 aromatic heterocycles. The highest BCUT2D eigenvalue weighted by atomic mass is 16.5. The molecule has 1 aliphatic heterocycles. The molecule has 1 aliphatic carbocycles. The topological polar surface area (TPSA) is 9.23 Å². The monoisotopic (exact) mass is 242 g/mol. The van der Waals surface area contributed by atoms with Crippen LogP contribution in [-0.4, -0.2) is 5.60 Å². The second-order valence-electron chi connectivity index (χ2n) is 6.38. The van der Waals surface area contributed by atoms with Gasteiger partial charge in [-0.05, 0) is 49.7 Å². The van der Waals surface area contributed by atoms with Gasteiger partial charge in [0.1, 0.15) is 11.4 Å². The first-order valence-electron chi connectivity index (χ1n) is 7.01. The van der Waals surface area contributed by atoms with Crippen LogP contribution in [0.1, 0.15) is 57.6 Å². The summed E-state index contributed by atoms with van der Waals surface area (Å²) in [6.45, 7) is 9.08. The number of rotatable bonds is 0. The van der Waals surface area contributed by atoms with Gasteiger partial charge < -0.3 is 4.74 Å². The van der Waals surface area contributed by atoms with Gasteiger partial charge in [-0.3, -0.25) is 0 Å². The van der Waals surface area contributed by atoms with Crippen LogP contribution >= 0.6 is 0 Å². The molecule has 2 aliphatic rings. The number of allylic oxidation sites excluding steroid dienone is 1. The van der Waals surface area contributed by atoms with Crippen LogP contribution in [0.5, 0.6) is 0 Å². The second-order valence-corrected chi connectivity index (χ2v) is 6.38. The number of benzene rings is 1. The van der Waals surface area contributed by atoms with Crippen LogP contribution in [0.2, 0.25) is 0 Å². The van der Waals surface area contributed by atoms with Gasteiger partial charge >= 0.3 is 0 Å². The minimum atomic E-state index is -0.0216. The van der Waals surface area contributed by atoms with E-state index < -0.39 is 0 Å². The maximum atomic E-state index is 6.30. The van der Waals surface area contributed by atoms with E-state index in [9.17, 15) is 0 Å². The highest BCUT2D eigenvalue weighted by molar-refractivity contribution is 5.70. The fourth-order valence-corrected chi connectivity index (χ4v) is 3.28. The van der Waals surface area contributed by atoms with Crippen LogP contribution in [0.25, 0.3) is 5.76 Å². The van der Waals surface area contributed by atoms with Gasteiger partial charge in [-0.2, -0.15) is 0 Å². The van der Waals surface area contributed by atoms with Crippen molar-refractivity contribution in [2.75, 3.05) is 0 Å². The van der Waals surface area contributed by atoms with E-state index in [4.69, 9.17) is 4.74 Å². The lowest BCUT2D eigenvalue weighted by Crippen LogP contribution is -2.32. The number of fused-ring (bicyclic) bond motifs is 2. The van der Waals surface area contributed by atoms with Gasteiger partial charge in [0.2, 0.25) is 0 Å². The molecule has 0 fully saturated rings. The van der Waals surface area contributed by atoms with Crippen molar-refractivity contribution in [3.63, 3.8) is 0 Å². The minimum absolute atomic E-state index is 0.0216. The molecular weight excluding hydrogens is 220 g/mol. The zero-order valence-corrected chi connectivity index (χ0v) is 11.8. The summed E-state index contributed by atoms with van der Waals surface area (Å²) in [7, 11) is 0. The zero-order chi connectivity index (χ0) is 12.9. The Kier molecular flexibility index (Phi) is 2.55. The molecule has 1 aromatic rings. The molecule has 1 heteroatoms. The smallest absolute Gasteiger partial charge is 0.127 e. The zero-order valence-electron chi connectivity index (χ0n) is 11.8. The van der Waals surface area contributed by atoms with Crippen LogP contribution in [0.15, 0.2) is 29.8 Å². The van der Waals surface area contributed by atoms with E-state index in [0.717, 1.165) is 6.42 Å². The fraction of sp³-hybridized carbons (Fsp3) is 0.529. The van der Waals surface area contributed by atoms with Gasteiger partial charge in [0, 0.05) is 5.56 Å². The first-order valence-corrected chi connectivity index (χ1v) is 7.01. The van der Waals surface area contributed by atoms with Crippen LogP contribution in [0, 0.1) is 5.92 Å².